The Kier molecular flexibility index (Phi) is 7.98. The Hall–Kier alpha value is -3.33. The molecular formula is C31H28Br2N2O4. The van der Waals surface area contributed by atoms with E-state index >= 15 is 0 Å². The quantitative estimate of drug-likeness (QED) is 0.231. The molecule has 8 heteroatoms. The van der Waals surface area contributed by atoms with Crippen molar-refractivity contribution in [2.75, 3.05) is 27.4 Å². The summed E-state index contributed by atoms with van der Waals surface area (Å²) in [5, 5.41) is 14.5. The Bertz CT molecular complexity index is 1510. The third-order valence-electron chi connectivity index (χ3n) is 7.00. The van der Waals surface area contributed by atoms with Crippen molar-refractivity contribution in [1.29, 1.82) is 0 Å². The second-order valence-corrected chi connectivity index (χ2v) is 11.1. The molecule has 2 unspecified atom stereocenters. The molecule has 4 aromatic rings. The average Bonchev–Trinajstić information content (AvgIpc) is 3.41. The number of nitrogens with one attached hydrogen (secondary N) is 1. The van der Waals surface area contributed by atoms with Gasteiger partial charge >= 0.3 is 0 Å². The lowest BCUT2D eigenvalue weighted by Crippen LogP contribution is -2.49. The van der Waals surface area contributed by atoms with Gasteiger partial charge in [0.15, 0.2) is 5.54 Å². The number of benzene rings is 4. The average molecular weight is 652 g/mol. The predicted molar refractivity (Wildman–Crippen MR) is 159 cm³/mol. The highest BCUT2D eigenvalue weighted by atomic mass is 79.9. The van der Waals surface area contributed by atoms with Crippen molar-refractivity contribution in [1.82, 2.24) is 5.32 Å². The summed E-state index contributed by atoms with van der Waals surface area (Å²) in [7, 11) is 3.27. The molecule has 0 amide bonds. The van der Waals surface area contributed by atoms with Crippen molar-refractivity contribution in [2.45, 2.75) is 11.1 Å². The maximum absolute atomic E-state index is 11.0. The van der Waals surface area contributed by atoms with Crippen molar-refractivity contribution >= 4 is 37.9 Å². The van der Waals surface area contributed by atoms with Crippen molar-refractivity contribution in [3.8, 4) is 11.5 Å². The van der Waals surface area contributed by atoms with Crippen LogP contribution < -0.4 is 14.8 Å². The first-order chi connectivity index (χ1) is 18.9. The first kappa shape index (κ1) is 27.2. The first-order valence-electron chi connectivity index (χ1n) is 12.4. The maximum Gasteiger partial charge on any atom is 0.287 e. The van der Waals surface area contributed by atoms with Gasteiger partial charge < -0.3 is 24.6 Å². The molecule has 0 aromatic heterocycles. The highest BCUT2D eigenvalue weighted by Crippen LogP contribution is 2.41. The molecule has 0 saturated carbocycles. The zero-order valence-electron chi connectivity index (χ0n) is 21.5. The van der Waals surface area contributed by atoms with Crippen molar-refractivity contribution < 1.29 is 19.3 Å². The molecule has 0 radical (unpaired) electrons. The summed E-state index contributed by atoms with van der Waals surface area (Å²) < 4.78 is 19.2. The molecule has 0 fully saturated rings. The Morgan fingerprint density at radius 3 is 2.03 bits per heavy atom. The topological polar surface area (TPSA) is 72.3 Å². The van der Waals surface area contributed by atoms with Gasteiger partial charge in [-0.1, -0.05) is 80.4 Å². The van der Waals surface area contributed by atoms with E-state index in [2.05, 4.69) is 37.2 Å². The fourth-order valence-electron chi connectivity index (χ4n) is 4.92. The van der Waals surface area contributed by atoms with Gasteiger partial charge in [0.05, 0.1) is 20.8 Å². The van der Waals surface area contributed by atoms with Crippen LogP contribution in [0.1, 0.15) is 22.3 Å². The van der Waals surface area contributed by atoms with Gasteiger partial charge in [-0.05, 0) is 70.8 Å². The van der Waals surface area contributed by atoms with Crippen molar-refractivity contribution in [3.63, 3.8) is 0 Å². The molecule has 2 N–H and O–H groups in total. The number of hydrogen-bond acceptors (Lipinski definition) is 6. The first-order valence-corrected chi connectivity index (χ1v) is 13.9. The molecule has 5 rings (SSSR count). The predicted octanol–water partition coefficient (Wildman–Crippen LogP) is 6.38. The van der Waals surface area contributed by atoms with Gasteiger partial charge in [-0.2, -0.15) is 0 Å². The highest BCUT2D eigenvalue weighted by Gasteiger charge is 2.44. The molecule has 0 aliphatic carbocycles. The zero-order chi connectivity index (χ0) is 27.5. The van der Waals surface area contributed by atoms with E-state index in [0.29, 0.717) is 11.8 Å². The minimum Gasteiger partial charge on any atom is -0.497 e. The summed E-state index contributed by atoms with van der Waals surface area (Å²) in [5.74, 6) is 1.41. The smallest absolute Gasteiger partial charge is 0.287 e. The number of nitrogens with zero attached hydrogens (tertiary/aromatic N) is 1. The lowest BCUT2D eigenvalue weighted by Gasteiger charge is -2.34. The summed E-state index contributed by atoms with van der Waals surface area (Å²) in [6.45, 7) is -0.000889. The number of ether oxygens (including phenoxy) is 3. The molecule has 1 aliphatic rings. The molecule has 200 valence electrons. The van der Waals surface area contributed by atoms with Gasteiger partial charge in [0.25, 0.3) is 6.02 Å². The number of aliphatic hydroxyl groups excluding tert-OH is 1. The Morgan fingerprint density at radius 1 is 0.821 bits per heavy atom. The van der Waals surface area contributed by atoms with E-state index in [9.17, 15) is 5.11 Å². The molecule has 0 bridgehead atoms. The standard InChI is InChI=1S/C31H28Br2N2O4/c1-37-27-13-5-9-23(17-27)30(19-36,21-7-3-11-25(32)15-21)34-29-35-31(20-39-29,22-8-4-12-26(33)16-22)24-10-6-14-28(18-24)38-2/h3-18,36H,19-20H2,1-2H3,(H,34,35). The van der Waals surface area contributed by atoms with E-state index in [1.807, 2.05) is 97.1 Å². The number of rotatable bonds is 8. The van der Waals surface area contributed by atoms with Gasteiger partial charge in [0.2, 0.25) is 0 Å². The van der Waals surface area contributed by atoms with Gasteiger partial charge in [-0.15, -0.1) is 0 Å². The van der Waals surface area contributed by atoms with Gasteiger partial charge in [-0.3, -0.25) is 0 Å². The lowest BCUT2D eigenvalue weighted by atomic mass is 9.83. The minimum atomic E-state index is -1.07. The SMILES string of the molecule is COc1cccc(C2(c3cccc(Br)c3)COC(NC(CO)(c3cccc(Br)c3)c3cccc(OC)c3)=N2)c1. The number of methoxy groups -OCH3 is 2. The monoisotopic (exact) mass is 650 g/mol. The van der Waals surface area contributed by atoms with E-state index in [4.69, 9.17) is 19.2 Å². The molecule has 0 spiro atoms. The molecule has 1 heterocycles. The van der Waals surface area contributed by atoms with Gasteiger partial charge in [0, 0.05) is 8.95 Å². The summed E-state index contributed by atoms with van der Waals surface area (Å²) in [6.07, 6.45) is 0. The third kappa shape index (κ3) is 5.29. The van der Waals surface area contributed by atoms with Crippen LogP contribution >= 0.6 is 31.9 Å². The Labute approximate surface area is 244 Å². The number of aliphatic imine (C=N–C) groups is 1. The summed E-state index contributed by atoms with van der Waals surface area (Å²) in [6, 6.07) is 31.7. The molecule has 0 saturated heterocycles. The number of aliphatic hydroxyl groups is 1. The molecular weight excluding hydrogens is 624 g/mol. The number of amidine groups is 1. The van der Waals surface area contributed by atoms with Crippen LogP contribution in [-0.2, 0) is 15.8 Å². The van der Waals surface area contributed by atoms with Gasteiger partial charge in [-0.25, -0.2) is 4.99 Å². The fraction of sp³-hybridized carbons (Fsp3) is 0.194. The van der Waals surface area contributed by atoms with Crippen LogP contribution in [0.5, 0.6) is 11.5 Å². The van der Waals surface area contributed by atoms with Crippen LogP contribution in [0.25, 0.3) is 0 Å². The molecule has 2 atom stereocenters. The summed E-state index contributed by atoms with van der Waals surface area (Å²) in [5.41, 5.74) is 1.61. The van der Waals surface area contributed by atoms with Crippen LogP contribution in [0.3, 0.4) is 0 Å². The van der Waals surface area contributed by atoms with E-state index in [-0.39, 0.29) is 13.2 Å². The Morgan fingerprint density at radius 2 is 1.38 bits per heavy atom. The highest BCUT2D eigenvalue weighted by molar-refractivity contribution is 9.10. The van der Waals surface area contributed by atoms with E-state index < -0.39 is 11.1 Å². The minimum absolute atomic E-state index is 0.261. The molecule has 39 heavy (non-hydrogen) atoms. The summed E-state index contributed by atoms with van der Waals surface area (Å²) in [4.78, 5) is 5.18. The van der Waals surface area contributed by atoms with E-state index in [0.717, 1.165) is 36.9 Å². The fourth-order valence-corrected chi connectivity index (χ4v) is 5.72. The molecule has 4 aromatic carbocycles. The molecule has 6 nitrogen and oxygen atoms in total. The van der Waals surface area contributed by atoms with Gasteiger partial charge in [0.1, 0.15) is 23.6 Å². The second kappa shape index (κ2) is 11.4. The lowest BCUT2D eigenvalue weighted by molar-refractivity contribution is 0.194. The van der Waals surface area contributed by atoms with Crippen LogP contribution in [0.15, 0.2) is 111 Å². The van der Waals surface area contributed by atoms with E-state index in [1.54, 1.807) is 14.2 Å². The van der Waals surface area contributed by atoms with Crippen molar-refractivity contribution in [2.24, 2.45) is 4.99 Å². The zero-order valence-corrected chi connectivity index (χ0v) is 24.7. The number of halogens is 2. The van der Waals surface area contributed by atoms with Crippen molar-refractivity contribution in [3.05, 3.63) is 128 Å². The maximum atomic E-state index is 11.0. The molecule has 1 aliphatic heterocycles. The second-order valence-electron chi connectivity index (χ2n) is 9.24. The largest absolute Gasteiger partial charge is 0.497 e. The van der Waals surface area contributed by atoms with Crippen LogP contribution in [0.4, 0.5) is 0 Å². The van der Waals surface area contributed by atoms with E-state index in [1.165, 1.54) is 0 Å². The Balaban J connectivity index is 1.67. The van der Waals surface area contributed by atoms with Crippen LogP contribution in [-0.4, -0.2) is 38.6 Å². The van der Waals surface area contributed by atoms with Crippen LogP contribution in [0, 0.1) is 0 Å². The number of hydrogen-bond donors (Lipinski definition) is 2. The normalized spacial score (nSPS) is 18.0. The summed E-state index contributed by atoms with van der Waals surface area (Å²) >= 11 is 7.20. The third-order valence-corrected chi connectivity index (χ3v) is 7.98. The van der Waals surface area contributed by atoms with Crippen LogP contribution in [0.2, 0.25) is 0 Å².